The number of nitrogens with zero attached hydrogens (tertiary/aromatic N) is 4. The van der Waals surface area contributed by atoms with Gasteiger partial charge in [-0.15, -0.1) is 0 Å². The van der Waals surface area contributed by atoms with Crippen LogP contribution in [0.5, 0.6) is 0 Å². The molecule has 0 spiro atoms. The number of halogens is 1. The number of aryl methyl sites for hydroxylation is 2. The molecule has 30 heavy (non-hydrogen) atoms. The molecule has 1 aromatic carbocycles. The molecule has 1 N–H and O–H groups in total. The number of hydrogen-bond acceptors (Lipinski definition) is 4. The quantitative estimate of drug-likeness (QED) is 0.445. The minimum atomic E-state index is -0.336. The van der Waals surface area contributed by atoms with Crippen LogP contribution in [0.1, 0.15) is 38.8 Å². The second kappa shape index (κ2) is 8.31. The molecule has 1 amide bonds. The molecule has 0 radical (unpaired) electrons. The van der Waals surface area contributed by atoms with E-state index < -0.39 is 0 Å². The largest absolute Gasteiger partial charge is 0.454 e. The van der Waals surface area contributed by atoms with E-state index in [1.807, 2.05) is 36.9 Å². The summed E-state index contributed by atoms with van der Waals surface area (Å²) in [5, 5.41) is 11.7. The van der Waals surface area contributed by atoms with E-state index in [1.165, 1.54) is 11.1 Å². The summed E-state index contributed by atoms with van der Waals surface area (Å²) in [4.78, 5) is 12.5. The van der Waals surface area contributed by atoms with Gasteiger partial charge < -0.3 is 9.73 Å². The van der Waals surface area contributed by atoms with Gasteiger partial charge in [0, 0.05) is 12.3 Å². The van der Waals surface area contributed by atoms with Crippen LogP contribution < -0.4 is 5.32 Å². The summed E-state index contributed by atoms with van der Waals surface area (Å²) in [6.07, 6.45) is 1.84. The molecule has 0 fully saturated rings. The summed E-state index contributed by atoms with van der Waals surface area (Å²) in [7, 11) is 0. The Morgan fingerprint density at radius 2 is 1.87 bits per heavy atom. The van der Waals surface area contributed by atoms with Gasteiger partial charge in [0.05, 0.1) is 29.0 Å². The molecule has 0 aliphatic carbocycles. The van der Waals surface area contributed by atoms with Gasteiger partial charge in [0.25, 0.3) is 5.91 Å². The van der Waals surface area contributed by atoms with Gasteiger partial charge >= 0.3 is 0 Å². The molecule has 0 atom stereocenters. The van der Waals surface area contributed by atoms with E-state index in [-0.39, 0.29) is 11.7 Å². The van der Waals surface area contributed by atoms with E-state index in [0.717, 1.165) is 15.9 Å². The maximum absolute atomic E-state index is 12.5. The van der Waals surface area contributed by atoms with Crippen LogP contribution in [0.3, 0.4) is 0 Å². The van der Waals surface area contributed by atoms with Gasteiger partial charge in [-0.1, -0.05) is 24.3 Å². The van der Waals surface area contributed by atoms with Crippen molar-refractivity contribution in [2.45, 2.75) is 33.9 Å². The first kappa shape index (κ1) is 20.2. The summed E-state index contributed by atoms with van der Waals surface area (Å²) in [5.41, 5.74) is 4.31. The topological polar surface area (TPSA) is 77.9 Å². The average Bonchev–Trinajstić information content (AvgIpc) is 3.42. The van der Waals surface area contributed by atoms with Gasteiger partial charge in [-0.3, -0.25) is 14.2 Å². The van der Waals surface area contributed by atoms with Gasteiger partial charge in [0.1, 0.15) is 5.76 Å². The molecular formula is C22H22BrN5O2. The van der Waals surface area contributed by atoms with E-state index in [2.05, 4.69) is 50.5 Å². The predicted octanol–water partition coefficient (Wildman–Crippen LogP) is 4.71. The highest BCUT2D eigenvalue weighted by Gasteiger charge is 2.15. The van der Waals surface area contributed by atoms with Gasteiger partial charge in [-0.05, 0) is 60.0 Å². The lowest BCUT2D eigenvalue weighted by Gasteiger charge is -2.05. The second-order valence-corrected chi connectivity index (χ2v) is 7.98. The molecule has 4 aromatic rings. The zero-order valence-corrected chi connectivity index (χ0v) is 18.6. The van der Waals surface area contributed by atoms with Crippen molar-refractivity contribution in [3.8, 4) is 0 Å². The number of carbonyl (C=O) groups excluding carboxylic acids is 1. The Labute approximate surface area is 182 Å². The summed E-state index contributed by atoms with van der Waals surface area (Å²) < 4.78 is 10.3. The van der Waals surface area contributed by atoms with Crippen molar-refractivity contribution < 1.29 is 9.21 Å². The van der Waals surface area contributed by atoms with Gasteiger partial charge in [-0.2, -0.15) is 10.2 Å². The predicted molar refractivity (Wildman–Crippen MR) is 118 cm³/mol. The molecule has 4 rings (SSSR count). The number of nitrogens with one attached hydrogen (secondary N) is 1. The first-order valence-corrected chi connectivity index (χ1v) is 10.4. The zero-order chi connectivity index (χ0) is 21.3. The molecule has 0 aliphatic heterocycles. The number of amides is 1. The lowest BCUT2D eigenvalue weighted by molar-refractivity contribution is 0.0994. The number of furan rings is 1. The maximum atomic E-state index is 12.5. The Kier molecular flexibility index (Phi) is 5.59. The van der Waals surface area contributed by atoms with E-state index in [0.29, 0.717) is 24.7 Å². The standard InChI is InChI=1S/C22H22BrN5O2/c1-14-6-4-5-7-17(14)12-27-11-10-20(26-27)24-22(29)19-9-8-18(30-19)13-28-16(3)21(23)15(2)25-28/h4-11H,12-13H2,1-3H3,(H,24,26,29). The maximum Gasteiger partial charge on any atom is 0.292 e. The molecular weight excluding hydrogens is 446 g/mol. The van der Waals surface area contributed by atoms with Crippen LogP contribution in [0.15, 0.2) is 57.6 Å². The fraction of sp³-hybridized carbons (Fsp3) is 0.227. The highest BCUT2D eigenvalue weighted by atomic mass is 79.9. The van der Waals surface area contributed by atoms with Crippen LogP contribution >= 0.6 is 15.9 Å². The van der Waals surface area contributed by atoms with Crippen LogP contribution in [0, 0.1) is 20.8 Å². The Hall–Kier alpha value is -3.13. The number of benzene rings is 1. The van der Waals surface area contributed by atoms with E-state index in [9.17, 15) is 4.79 Å². The third-order valence-electron chi connectivity index (χ3n) is 4.96. The molecule has 7 nitrogen and oxygen atoms in total. The lowest BCUT2D eigenvalue weighted by atomic mass is 10.1. The molecule has 0 saturated carbocycles. The zero-order valence-electron chi connectivity index (χ0n) is 17.0. The number of anilines is 1. The Morgan fingerprint density at radius 3 is 2.60 bits per heavy atom. The van der Waals surface area contributed by atoms with E-state index in [1.54, 1.807) is 22.9 Å². The van der Waals surface area contributed by atoms with Crippen LogP contribution in [0.2, 0.25) is 0 Å². The van der Waals surface area contributed by atoms with Gasteiger partial charge in [0.2, 0.25) is 0 Å². The first-order valence-electron chi connectivity index (χ1n) is 9.58. The smallest absolute Gasteiger partial charge is 0.292 e. The van der Waals surface area contributed by atoms with E-state index >= 15 is 0 Å². The summed E-state index contributed by atoms with van der Waals surface area (Å²) in [5.74, 6) is 1.04. The van der Waals surface area contributed by atoms with Crippen LogP contribution in [0.25, 0.3) is 0 Å². The molecule has 0 unspecified atom stereocenters. The number of rotatable bonds is 6. The van der Waals surface area contributed by atoms with Crippen molar-refractivity contribution in [2.24, 2.45) is 0 Å². The minimum absolute atomic E-state index is 0.235. The highest BCUT2D eigenvalue weighted by Crippen LogP contribution is 2.21. The number of hydrogen-bond donors (Lipinski definition) is 1. The third-order valence-corrected chi connectivity index (χ3v) is 6.11. The van der Waals surface area contributed by atoms with Crippen LogP contribution in [0.4, 0.5) is 5.82 Å². The van der Waals surface area contributed by atoms with Gasteiger partial charge in [0.15, 0.2) is 11.6 Å². The lowest BCUT2D eigenvalue weighted by Crippen LogP contribution is -2.12. The molecule has 0 aliphatic rings. The monoisotopic (exact) mass is 467 g/mol. The molecule has 8 heteroatoms. The second-order valence-electron chi connectivity index (χ2n) is 7.19. The van der Waals surface area contributed by atoms with Gasteiger partial charge in [-0.25, -0.2) is 0 Å². The SMILES string of the molecule is Cc1ccccc1Cn1ccc(NC(=O)c2ccc(Cn3nc(C)c(Br)c3C)o2)n1. The van der Waals surface area contributed by atoms with Crippen molar-refractivity contribution in [3.05, 3.63) is 87.2 Å². The minimum Gasteiger partial charge on any atom is -0.454 e. The van der Waals surface area contributed by atoms with Crippen molar-refractivity contribution in [1.82, 2.24) is 19.6 Å². The third kappa shape index (κ3) is 4.23. The summed E-state index contributed by atoms with van der Waals surface area (Å²) in [6, 6.07) is 13.4. The summed E-state index contributed by atoms with van der Waals surface area (Å²) >= 11 is 3.52. The molecule has 3 heterocycles. The highest BCUT2D eigenvalue weighted by molar-refractivity contribution is 9.10. The molecule has 0 bridgehead atoms. The average molecular weight is 468 g/mol. The van der Waals surface area contributed by atoms with Crippen molar-refractivity contribution in [3.63, 3.8) is 0 Å². The number of carbonyl (C=O) groups is 1. The fourth-order valence-corrected chi connectivity index (χ4v) is 3.50. The molecule has 3 aromatic heterocycles. The summed E-state index contributed by atoms with van der Waals surface area (Å²) in [6.45, 7) is 7.09. The molecule has 154 valence electrons. The first-order chi connectivity index (χ1) is 14.4. The van der Waals surface area contributed by atoms with Crippen LogP contribution in [-0.2, 0) is 13.1 Å². The van der Waals surface area contributed by atoms with E-state index in [4.69, 9.17) is 4.42 Å². The Morgan fingerprint density at radius 1 is 1.07 bits per heavy atom. The Bertz CT molecular complexity index is 1200. The number of aromatic nitrogens is 4. The fourth-order valence-electron chi connectivity index (χ4n) is 3.22. The Balaban J connectivity index is 1.41. The van der Waals surface area contributed by atoms with Crippen LogP contribution in [-0.4, -0.2) is 25.5 Å². The van der Waals surface area contributed by atoms with Crippen molar-refractivity contribution in [1.29, 1.82) is 0 Å². The van der Waals surface area contributed by atoms with Crippen molar-refractivity contribution >= 4 is 27.7 Å². The molecule has 0 saturated heterocycles. The van der Waals surface area contributed by atoms with Crippen molar-refractivity contribution in [2.75, 3.05) is 5.32 Å². The normalized spacial score (nSPS) is 11.1.